The van der Waals surface area contributed by atoms with E-state index in [-0.39, 0.29) is 0 Å². The molecule has 0 spiro atoms. The average molecular weight is 218 g/mol. The summed E-state index contributed by atoms with van der Waals surface area (Å²) in [4.78, 5) is 2.54. The van der Waals surface area contributed by atoms with Crippen LogP contribution in [0.4, 0.5) is 0 Å². The van der Waals surface area contributed by atoms with Gasteiger partial charge >= 0.3 is 0 Å². The highest BCUT2D eigenvalue weighted by molar-refractivity contribution is 5.25. The fourth-order valence-corrected chi connectivity index (χ4v) is 2.52. The maximum Gasteiger partial charge on any atom is 0.0236 e. The third kappa shape index (κ3) is 2.83. The first-order valence-electron chi connectivity index (χ1n) is 6.26. The van der Waals surface area contributed by atoms with E-state index in [4.69, 9.17) is 5.73 Å². The minimum Gasteiger partial charge on any atom is -0.330 e. The van der Waals surface area contributed by atoms with E-state index in [0.717, 1.165) is 13.1 Å². The van der Waals surface area contributed by atoms with Crippen LogP contribution in [-0.4, -0.2) is 24.5 Å². The largest absolute Gasteiger partial charge is 0.330 e. The zero-order valence-electron chi connectivity index (χ0n) is 10.2. The van der Waals surface area contributed by atoms with Crippen LogP contribution in [0.15, 0.2) is 24.3 Å². The van der Waals surface area contributed by atoms with Gasteiger partial charge in [-0.1, -0.05) is 24.3 Å². The van der Waals surface area contributed by atoms with Gasteiger partial charge in [0.25, 0.3) is 0 Å². The van der Waals surface area contributed by atoms with Crippen molar-refractivity contribution in [3.05, 3.63) is 35.4 Å². The SMILES string of the molecule is Cc1ccccc1CN1CCCC(CN)C1. The minimum atomic E-state index is 0.706. The van der Waals surface area contributed by atoms with E-state index in [1.54, 1.807) is 0 Å². The van der Waals surface area contributed by atoms with Crippen LogP contribution in [0.25, 0.3) is 0 Å². The molecule has 0 saturated carbocycles. The number of benzene rings is 1. The van der Waals surface area contributed by atoms with Gasteiger partial charge in [0, 0.05) is 13.1 Å². The molecule has 1 heterocycles. The fraction of sp³-hybridized carbons (Fsp3) is 0.571. The van der Waals surface area contributed by atoms with E-state index < -0.39 is 0 Å². The highest BCUT2D eigenvalue weighted by Gasteiger charge is 2.18. The molecule has 1 atom stereocenters. The van der Waals surface area contributed by atoms with E-state index in [9.17, 15) is 0 Å². The molecule has 1 unspecified atom stereocenters. The molecule has 1 aliphatic heterocycles. The van der Waals surface area contributed by atoms with Gasteiger partial charge in [-0.2, -0.15) is 0 Å². The second kappa shape index (κ2) is 5.46. The summed E-state index contributed by atoms with van der Waals surface area (Å²) in [6.45, 7) is 6.52. The highest BCUT2D eigenvalue weighted by Crippen LogP contribution is 2.18. The van der Waals surface area contributed by atoms with E-state index in [1.165, 1.54) is 37.1 Å². The summed E-state index contributed by atoms with van der Waals surface area (Å²) in [6.07, 6.45) is 2.61. The van der Waals surface area contributed by atoms with Crippen LogP contribution in [0.5, 0.6) is 0 Å². The van der Waals surface area contributed by atoms with Crippen LogP contribution in [0.3, 0.4) is 0 Å². The molecule has 88 valence electrons. The molecule has 1 aliphatic rings. The van der Waals surface area contributed by atoms with Crippen molar-refractivity contribution in [3.8, 4) is 0 Å². The number of nitrogens with two attached hydrogens (primary N) is 1. The Balaban J connectivity index is 1.97. The molecule has 1 saturated heterocycles. The van der Waals surface area contributed by atoms with Crippen LogP contribution >= 0.6 is 0 Å². The average Bonchev–Trinajstić information content (AvgIpc) is 2.32. The van der Waals surface area contributed by atoms with Gasteiger partial charge in [0.15, 0.2) is 0 Å². The number of aryl methyl sites for hydroxylation is 1. The Morgan fingerprint density at radius 3 is 2.94 bits per heavy atom. The van der Waals surface area contributed by atoms with Gasteiger partial charge in [-0.3, -0.25) is 4.90 Å². The van der Waals surface area contributed by atoms with Gasteiger partial charge < -0.3 is 5.73 Å². The summed E-state index contributed by atoms with van der Waals surface area (Å²) < 4.78 is 0. The summed E-state index contributed by atoms with van der Waals surface area (Å²) in [6, 6.07) is 8.67. The summed E-state index contributed by atoms with van der Waals surface area (Å²) in [7, 11) is 0. The predicted molar refractivity (Wildman–Crippen MR) is 68.2 cm³/mol. The zero-order valence-corrected chi connectivity index (χ0v) is 10.2. The maximum absolute atomic E-state index is 5.76. The quantitative estimate of drug-likeness (QED) is 0.842. The van der Waals surface area contributed by atoms with Gasteiger partial charge in [-0.15, -0.1) is 0 Å². The molecule has 2 nitrogen and oxygen atoms in total. The smallest absolute Gasteiger partial charge is 0.0236 e. The molecule has 2 N–H and O–H groups in total. The molecule has 1 aromatic carbocycles. The van der Waals surface area contributed by atoms with Crippen LogP contribution in [0.2, 0.25) is 0 Å². The molecular weight excluding hydrogens is 196 g/mol. The lowest BCUT2D eigenvalue weighted by atomic mass is 9.97. The van der Waals surface area contributed by atoms with Gasteiger partial charge in [0.05, 0.1) is 0 Å². The molecule has 1 fully saturated rings. The monoisotopic (exact) mass is 218 g/mol. The zero-order chi connectivity index (χ0) is 11.4. The van der Waals surface area contributed by atoms with Crippen molar-refractivity contribution in [1.82, 2.24) is 4.90 Å². The molecule has 0 aromatic heterocycles. The van der Waals surface area contributed by atoms with Crippen molar-refractivity contribution in [2.24, 2.45) is 11.7 Å². The number of hydrogen-bond donors (Lipinski definition) is 1. The molecule has 2 rings (SSSR count). The standard InChI is InChI=1S/C14H22N2/c1-12-5-2-3-7-14(12)11-16-8-4-6-13(9-15)10-16/h2-3,5,7,13H,4,6,8-11,15H2,1H3. The molecule has 0 radical (unpaired) electrons. The third-order valence-corrected chi connectivity index (χ3v) is 3.59. The summed E-state index contributed by atoms with van der Waals surface area (Å²) in [5, 5.41) is 0. The fourth-order valence-electron chi connectivity index (χ4n) is 2.52. The van der Waals surface area contributed by atoms with Crippen LogP contribution in [0.1, 0.15) is 24.0 Å². The summed E-state index contributed by atoms with van der Waals surface area (Å²) >= 11 is 0. The van der Waals surface area contributed by atoms with Crippen LogP contribution < -0.4 is 5.73 Å². The van der Waals surface area contributed by atoms with Crippen molar-refractivity contribution < 1.29 is 0 Å². The summed E-state index contributed by atoms with van der Waals surface area (Å²) in [5.74, 6) is 0.706. The van der Waals surface area contributed by atoms with Gasteiger partial charge in [-0.25, -0.2) is 0 Å². The summed E-state index contributed by atoms with van der Waals surface area (Å²) in [5.41, 5.74) is 8.62. The Hall–Kier alpha value is -0.860. The lowest BCUT2D eigenvalue weighted by molar-refractivity contribution is 0.171. The van der Waals surface area contributed by atoms with E-state index in [0.29, 0.717) is 5.92 Å². The van der Waals surface area contributed by atoms with E-state index in [1.807, 2.05) is 0 Å². The Morgan fingerprint density at radius 2 is 2.19 bits per heavy atom. The molecule has 2 heteroatoms. The molecule has 0 amide bonds. The maximum atomic E-state index is 5.76. The lowest BCUT2D eigenvalue weighted by Gasteiger charge is -2.32. The van der Waals surface area contributed by atoms with Gasteiger partial charge in [0.1, 0.15) is 0 Å². The number of hydrogen-bond acceptors (Lipinski definition) is 2. The Bertz CT molecular complexity index is 335. The molecule has 0 bridgehead atoms. The second-order valence-electron chi connectivity index (χ2n) is 4.91. The number of rotatable bonds is 3. The first kappa shape index (κ1) is 11.6. The molecular formula is C14H22N2. The first-order valence-corrected chi connectivity index (χ1v) is 6.26. The third-order valence-electron chi connectivity index (χ3n) is 3.59. The van der Waals surface area contributed by atoms with E-state index in [2.05, 4.69) is 36.1 Å². The minimum absolute atomic E-state index is 0.706. The van der Waals surface area contributed by atoms with Crippen molar-refractivity contribution in [1.29, 1.82) is 0 Å². The Labute approximate surface area is 98.4 Å². The van der Waals surface area contributed by atoms with Crippen molar-refractivity contribution in [2.45, 2.75) is 26.3 Å². The van der Waals surface area contributed by atoms with Gasteiger partial charge in [-0.05, 0) is 49.9 Å². The lowest BCUT2D eigenvalue weighted by Crippen LogP contribution is -2.37. The van der Waals surface area contributed by atoms with Crippen molar-refractivity contribution in [3.63, 3.8) is 0 Å². The first-order chi connectivity index (χ1) is 7.79. The molecule has 16 heavy (non-hydrogen) atoms. The van der Waals surface area contributed by atoms with Gasteiger partial charge in [0.2, 0.25) is 0 Å². The van der Waals surface area contributed by atoms with Crippen LogP contribution in [0, 0.1) is 12.8 Å². The molecule has 1 aromatic rings. The Kier molecular flexibility index (Phi) is 3.97. The molecule has 0 aliphatic carbocycles. The number of likely N-dealkylation sites (tertiary alicyclic amines) is 1. The predicted octanol–water partition coefficient (Wildman–Crippen LogP) is 2.17. The van der Waals surface area contributed by atoms with Crippen molar-refractivity contribution in [2.75, 3.05) is 19.6 Å². The number of nitrogens with zero attached hydrogens (tertiary/aromatic N) is 1. The highest BCUT2D eigenvalue weighted by atomic mass is 15.1. The normalized spacial score (nSPS) is 22.2. The second-order valence-corrected chi connectivity index (χ2v) is 4.91. The van der Waals surface area contributed by atoms with Crippen LogP contribution in [-0.2, 0) is 6.54 Å². The Morgan fingerprint density at radius 1 is 1.38 bits per heavy atom. The van der Waals surface area contributed by atoms with E-state index >= 15 is 0 Å². The topological polar surface area (TPSA) is 29.3 Å². The van der Waals surface area contributed by atoms with Crippen molar-refractivity contribution >= 4 is 0 Å². The number of piperidine rings is 1.